The second-order valence-corrected chi connectivity index (χ2v) is 25.6. The lowest BCUT2D eigenvalue weighted by Gasteiger charge is -2.26. The third kappa shape index (κ3) is 64.8. The van der Waals surface area contributed by atoms with Gasteiger partial charge in [0, 0.05) is 6.42 Å². The number of hydrogen-bond acceptors (Lipinski definition) is 5. The lowest BCUT2D eigenvalue weighted by Crippen LogP contribution is -2.46. The van der Waals surface area contributed by atoms with Crippen LogP contribution in [0.2, 0.25) is 0 Å². The number of allylic oxidation sites excluding steroid dienone is 16. The summed E-state index contributed by atoms with van der Waals surface area (Å²) >= 11 is 0. The highest BCUT2D eigenvalue weighted by molar-refractivity contribution is 7.47. The van der Waals surface area contributed by atoms with Gasteiger partial charge in [-0.2, -0.15) is 0 Å². The van der Waals surface area contributed by atoms with Crippen LogP contribution < -0.4 is 5.32 Å². The second-order valence-electron chi connectivity index (χ2n) is 24.2. The second kappa shape index (κ2) is 62.0. The summed E-state index contributed by atoms with van der Waals surface area (Å²) in [6, 6.07) is -0.771. The number of nitrogens with zero attached hydrogens (tertiary/aromatic N) is 1. The molecule has 0 heterocycles. The van der Waals surface area contributed by atoms with E-state index in [2.05, 4.69) is 116 Å². The van der Waals surface area contributed by atoms with E-state index >= 15 is 0 Å². The van der Waals surface area contributed by atoms with Crippen LogP contribution in [0, 0.1) is 0 Å². The van der Waals surface area contributed by atoms with Gasteiger partial charge in [-0.1, -0.05) is 317 Å². The molecule has 1 amide bonds. The van der Waals surface area contributed by atoms with E-state index in [0.29, 0.717) is 23.9 Å². The third-order valence-electron chi connectivity index (χ3n) is 15.1. The van der Waals surface area contributed by atoms with Crippen molar-refractivity contribution < 1.29 is 32.9 Å². The van der Waals surface area contributed by atoms with Crippen LogP contribution in [0.5, 0.6) is 0 Å². The molecule has 3 unspecified atom stereocenters. The smallest absolute Gasteiger partial charge is 0.391 e. The summed E-state index contributed by atoms with van der Waals surface area (Å²) in [4.78, 5) is 23.4. The number of unbranched alkanes of at least 4 members (excludes halogenated alkanes) is 33. The van der Waals surface area contributed by atoms with E-state index in [-0.39, 0.29) is 19.1 Å². The molecule has 0 aromatic heterocycles. The number of carbonyl (C=O) groups excluding carboxylic acids is 1. The third-order valence-corrected chi connectivity index (χ3v) is 16.1. The molecule has 0 aliphatic carbocycles. The van der Waals surface area contributed by atoms with Crippen LogP contribution >= 0.6 is 7.82 Å². The Morgan fingerprint density at radius 1 is 0.432 bits per heavy atom. The van der Waals surface area contributed by atoms with Crippen molar-refractivity contribution in [2.75, 3.05) is 40.9 Å². The van der Waals surface area contributed by atoms with Crippen molar-refractivity contribution in [1.82, 2.24) is 5.32 Å². The summed E-state index contributed by atoms with van der Waals surface area (Å²) in [6.07, 6.45) is 89.2. The van der Waals surface area contributed by atoms with Crippen LogP contribution in [0.25, 0.3) is 0 Å². The Bertz CT molecular complexity index is 1640. The largest absolute Gasteiger partial charge is 0.472 e. The molecule has 8 nitrogen and oxygen atoms in total. The fraction of sp³-hybridized carbons (Fsp3) is 0.764. The average molecular weight is 1150 g/mol. The number of phosphoric acid groups is 1. The summed E-state index contributed by atoms with van der Waals surface area (Å²) in [5.74, 6) is -0.149. The first-order valence-electron chi connectivity index (χ1n) is 34.1. The van der Waals surface area contributed by atoms with Gasteiger partial charge in [0.15, 0.2) is 0 Å². The topological polar surface area (TPSA) is 105 Å². The molecule has 0 aromatic rings. The van der Waals surface area contributed by atoms with Crippen LogP contribution in [0.4, 0.5) is 0 Å². The SMILES string of the molecule is CC/C=C\C/C=C\C/C=C\C/C=C\C/C=C\C/C=C\C/C=C\C/C=C\CCCCCCCCCCCCC(=O)NC(COP(=O)(O)OCC[N+](C)(C)C)C(O)CCCCCCCCCCCCCCCCCCCCCCCCCC. The first-order valence-corrected chi connectivity index (χ1v) is 35.6. The van der Waals surface area contributed by atoms with Gasteiger partial charge in [-0.15, -0.1) is 0 Å². The number of rotatable bonds is 62. The molecule has 0 radical (unpaired) electrons. The van der Waals surface area contributed by atoms with E-state index < -0.39 is 20.0 Å². The average Bonchev–Trinajstić information content (AvgIpc) is 3.43. The molecule has 0 aromatic carbocycles. The van der Waals surface area contributed by atoms with Crippen molar-refractivity contribution >= 4 is 13.7 Å². The lowest BCUT2D eigenvalue weighted by atomic mass is 10.0. The number of aliphatic hydroxyl groups excluding tert-OH is 1. The predicted molar refractivity (Wildman–Crippen MR) is 355 cm³/mol. The van der Waals surface area contributed by atoms with E-state index in [4.69, 9.17) is 9.05 Å². The molecule has 0 aliphatic heterocycles. The molecule has 3 N–H and O–H groups in total. The molecular formula is C72H132N2O6P+. The number of likely N-dealkylation sites (N-methyl/N-ethyl adjacent to an activating group) is 1. The lowest BCUT2D eigenvalue weighted by molar-refractivity contribution is -0.870. The van der Waals surface area contributed by atoms with Gasteiger partial charge in [-0.25, -0.2) is 4.57 Å². The quantitative estimate of drug-likeness (QED) is 0.0243. The molecular weight excluding hydrogens is 1020 g/mol. The summed E-state index contributed by atoms with van der Waals surface area (Å²) in [6.45, 7) is 4.80. The van der Waals surface area contributed by atoms with E-state index in [1.165, 1.54) is 180 Å². The Morgan fingerprint density at radius 2 is 0.741 bits per heavy atom. The molecule has 81 heavy (non-hydrogen) atoms. The minimum Gasteiger partial charge on any atom is -0.391 e. The van der Waals surface area contributed by atoms with Crippen LogP contribution in [-0.4, -0.2) is 73.4 Å². The zero-order chi connectivity index (χ0) is 59.1. The number of nitrogens with one attached hydrogen (secondary N) is 1. The molecule has 0 saturated heterocycles. The van der Waals surface area contributed by atoms with E-state index in [1.54, 1.807) is 0 Å². The highest BCUT2D eigenvalue weighted by atomic mass is 31.2. The van der Waals surface area contributed by atoms with Crippen LogP contribution in [-0.2, 0) is 18.4 Å². The maximum absolute atomic E-state index is 13.1. The molecule has 9 heteroatoms. The van der Waals surface area contributed by atoms with Gasteiger partial charge in [-0.3, -0.25) is 13.8 Å². The van der Waals surface area contributed by atoms with Crippen molar-refractivity contribution in [3.8, 4) is 0 Å². The Hall–Kier alpha value is -2.58. The van der Waals surface area contributed by atoms with Crippen LogP contribution in [0.3, 0.4) is 0 Å². The van der Waals surface area contributed by atoms with Gasteiger partial charge in [-0.05, 0) is 77.0 Å². The van der Waals surface area contributed by atoms with Crippen LogP contribution in [0.1, 0.15) is 303 Å². The van der Waals surface area contributed by atoms with Gasteiger partial charge in [0.25, 0.3) is 0 Å². The highest BCUT2D eigenvalue weighted by Crippen LogP contribution is 2.43. The first-order chi connectivity index (χ1) is 39.5. The van der Waals surface area contributed by atoms with Crippen molar-refractivity contribution in [3.63, 3.8) is 0 Å². The van der Waals surface area contributed by atoms with Crippen molar-refractivity contribution in [3.05, 3.63) is 97.2 Å². The van der Waals surface area contributed by atoms with Crippen LogP contribution in [0.15, 0.2) is 97.2 Å². The normalized spacial score (nSPS) is 14.3. The van der Waals surface area contributed by atoms with Gasteiger partial charge in [0.2, 0.25) is 5.91 Å². The van der Waals surface area contributed by atoms with Gasteiger partial charge < -0.3 is 19.8 Å². The van der Waals surface area contributed by atoms with Gasteiger partial charge >= 0.3 is 7.82 Å². The Morgan fingerprint density at radius 3 is 1.09 bits per heavy atom. The standard InChI is InChI=1S/C72H131N2O6P/c1-6-8-10-12-14-16-18-20-22-24-26-28-30-32-33-34-35-36-37-38-39-40-41-42-44-46-48-50-52-54-56-58-60-62-64-66-72(76)73-70(69-80-81(77,78)79-68-67-74(3,4)5)71(75)65-63-61-59-57-55-53-51-49-47-45-43-31-29-27-25-23-21-19-17-15-13-11-9-7-2/h8,10,14,16,20,22,26,28,32-33,35-36,38-39,41-42,70-71,75H,6-7,9,11-13,15,17-19,21,23-25,27,29-31,34,37,40,43-69H2,1-5H3,(H-,73,76,77,78)/p+1/b10-8-,16-14-,22-20-,28-26-,33-32-,36-35-,39-38-,42-41-. The number of amides is 1. The molecule has 0 spiro atoms. The van der Waals surface area contributed by atoms with Crippen molar-refractivity contribution in [2.24, 2.45) is 0 Å². The monoisotopic (exact) mass is 1150 g/mol. The summed E-state index contributed by atoms with van der Waals surface area (Å²) in [5.41, 5.74) is 0. The zero-order valence-corrected chi connectivity index (χ0v) is 54.6. The summed E-state index contributed by atoms with van der Waals surface area (Å²) < 4.78 is 23.9. The van der Waals surface area contributed by atoms with E-state index in [0.717, 1.165) is 96.3 Å². The minimum absolute atomic E-state index is 0.0704. The summed E-state index contributed by atoms with van der Waals surface area (Å²) in [7, 11) is 1.61. The number of phosphoric ester groups is 1. The molecule has 470 valence electrons. The minimum atomic E-state index is -4.34. The van der Waals surface area contributed by atoms with Gasteiger partial charge in [0.05, 0.1) is 39.9 Å². The predicted octanol–water partition coefficient (Wildman–Crippen LogP) is 21.7. The highest BCUT2D eigenvalue weighted by Gasteiger charge is 2.28. The molecule has 3 atom stereocenters. The number of aliphatic hydroxyl groups is 1. The number of carbonyl (C=O) groups is 1. The van der Waals surface area contributed by atoms with E-state index in [9.17, 15) is 19.4 Å². The molecule has 0 aliphatic rings. The maximum atomic E-state index is 13.1. The maximum Gasteiger partial charge on any atom is 0.472 e. The Labute approximate surface area is 502 Å². The zero-order valence-electron chi connectivity index (χ0n) is 53.8. The molecule has 0 fully saturated rings. The first kappa shape index (κ1) is 78.4. The molecule has 0 bridgehead atoms. The number of hydrogen-bond donors (Lipinski definition) is 3. The summed E-state index contributed by atoms with van der Waals surface area (Å²) in [5, 5.41) is 14.1. The van der Waals surface area contributed by atoms with E-state index in [1.807, 2.05) is 21.1 Å². The fourth-order valence-electron chi connectivity index (χ4n) is 9.83. The molecule has 0 saturated carbocycles. The molecule has 0 rings (SSSR count). The Balaban J connectivity index is 4.10. The van der Waals surface area contributed by atoms with Crippen molar-refractivity contribution in [1.29, 1.82) is 0 Å². The number of quaternary nitrogens is 1. The van der Waals surface area contributed by atoms with Crippen molar-refractivity contribution in [2.45, 2.75) is 315 Å². The Kier molecular flexibility index (Phi) is 60.0. The van der Waals surface area contributed by atoms with Gasteiger partial charge in [0.1, 0.15) is 13.2 Å². The fourth-order valence-corrected chi connectivity index (χ4v) is 10.6.